The highest BCUT2D eigenvalue weighted by Crippen LogP contribution is 2.40. The lowest BCUT2D eigenvalue weighted by Gasteiger charge is -2.24. The van der Waals surface area contributed by atoms with Gasteiger partial charge < -0.3 is 24.7 Å². The summed E-state index contributed by atoms with van der Waals surface area (Å²) in [5.74, 6) is -0.739. The summed E-state index contributed by atoms with van der Waals surface area (Å²) in [6.45, 7) is 2.71. The third-order valence-electron chi connectivity index (χ3n) is 3.33. The molecule has 22 heavy (non-hydrogen) atoms. The number of rotatable bonds is 4. The monoisotopic (exact) mass is 307 g/mol. The van der Waals surface area contributed by atoms with Crippen molar-refractivity contribution in [2.24, 2.45) is 5.73 Å². The van der Waals surface area contributed by atoms with Crippen molar-refractivity contribution < 1.29 is 28.5 Å². The highest BCUT2D eigenvalue weighted by molar-refractivity contribution is 6.04. The molecule has 0 spiro atoms. The Balaban J connectivity index is 2.45. The molecule has 0 radical (unpaired) electrons. The van der Waals surface area contributed by atoms with Crippen molar-refractivity contribution in [1.29, 1.82) is 0 Å². The van der Waals surface area contributed by atoms with Crippen LogP contribution in [0.25, 0.3) is 0 Å². The molecule has 7 heteroatoms. The molecule has 1 atom stereocenters. The second kappa shape index (κ2) is 5.59. The molecule has 2 rings (SSSR count). The number of ether oxygens (including phenoxy) is 4. The van der Waals surface area contributed by atoms with E-state index < -0.39 is 17.4 Å². The Morgan fingerprint density at radius 3 is 2.18 bits per heavy atom. The van der Waals surface area contributed by atoms with Crippen LogP contribution in [-0.2, 0) is 24.7 Å². The van der Waals surface area contributed by atoms with Crippen molar-refractivity contribution in [1.82, 2.24) is 0 Å². The van der Waals surface area contributed by atoms with Gasteiger partial charge in [0.05, 0.1) is 14.2 Å². The lowest BCUT2D eigenvalue weighted by atomic mass is 9.91. The largest absolute Gasteiger partial charge is 0.497 e. The average Bonchev–Trinajstić information content (AvgIpc) is 2.70. The minimum atomic E-state index is -1.42. The summed E-state index contributed by atoms with van der Waals surface area (Å²) < 4.78 is 20.7. The van der Waals surface area contributed by atoms with Gasteiger partial charge in [-0.3, -0.25) is 9.59 Å². The van der Waals surface area contributed by atoms with E-state index in [2.05, 4.69) is 0 Å². The maximum absolute atomic E-state index is 12.6. The molecule has 1 aromatic carbocycles. The number of esters is 1. The summed E-state index contributed by atoms with van der Waals surface area (Å²) >= 11 is 0. The maximum atomic E-state index is 12.6. The zero-order valence-corrected chi connectivity index (χ0v) is 12.8. The van der Waals surface area contributed by atoms with Crippen LogP contribution in [0.1, 0.15) is 19.4 Å². The number of hydrogen-bond acceptors (Lipinski definition) is 7. The van der Waals surface area contributed by atoms with E-state index in [0.29, 0.717) is 17.1 Å². The van der Waals surface area contributed by atoms with Crippen LogP contribution in [-0.4, -0.2) is 26.0 Å². The number of carbonyl (C=O) groups is 2. The predicted molar refractivity (Wildman–Crippen MR) is 76.0 cm³/mol. The molecule has 1 heterocycles. The minimum Gasteiger partial charge on any atom is -0.497 e. The Labute approximate surface area is 127 Å². The van der Waals surface area contributed by atoms with Crippen molar-refractivity contribution in [3.8, 4) is 11.5 Å². The van der Waals surface area contributed by atoms with Crippen molar-refractivity contribution in [2.45, 2.75) is 19.4 Å². The van der Waals surface area contributed by atoms with Gasteiger partial charge in [0, 0.05) is 18.6 Å². The maximum Gasteiger partial charge on any atom is 0.308 e. The van der Waals surface area contributed by atoms with Gasteiger partial charge in [0.15, 0.2) is 5.60 Å². The number of nitrogens with two attached hydrogens (primary N) is 1. The first-order valence-corrected chi connectivity index (χ1v) is 6.47. The molecule has 1 unspecified atom stereocenters. The molecule has 0 fully saturated rings. The van der Waals surface area contributed by atoms with Crippen LogP contribution in [0.5, 0.6) is 11.5 Å². The fourth-order valence-electron chi connectivity index (χ4n) is 2.15. The van der Waals surface area contributed by atoms with E-state index >= 15 is 0 Å². The Morgan fingerprint density at radius 1 is 1.18 bits per heavy atom. The van der Waals surface area contributed by atoms with Crippen LogP contribution in [0, 0.1) is 0 Å². The van der Waals surface area contributed by atoms with E-state index in [9.17, 15) is 9.59 Å². The van der Waals surface area contributed by atoms with Crippen LogP contribution in [0.2, 0.25) is 0 Å². The molecule has 118 valence electrons. The molecular formula is C15H17NO6. The van der Waals surface area contributed by atoms with Gasteiger partial charge in [-0.15, -0.1) is 0 Å². The van der Waals surface area contributed by atoms with Crippen LogP contribution >= 0.6 is 0 Å². The Kier molecular flexibility index (Phi) is 3.99. The van der Waals surface area contributed by atoms with E-state index in [1.807, 2.05) is 0 Å². The summed E-state index contributed by atoms with van der Waals surface area (Å²) in [5.41, 5.74) is 4.72. The molecule has 0 bridgehead atoms. The van der Waals surface area contributed by atoms with Gasteiger partial charge in [0.25, 0.3) is 5.78 Å². The molecule has 0 saturated carbocycles. The second-order valence-corrected chi connectivity index (χ2v) is 4.85. The van der Waals surface area contributed by atoms with E-state index in [1.54, 1.807) is 18.2 Å². The zero-order chi connectivity index (χ0) is 16.5. The Hall–Kier alpha value is -2.70. The molecule has 0 aliphatic carbocycles. The minimum absolute atomic E-state index is 0.232. The van der Waals surface area contributed by atoms with Crippen molar-refractivity contribution in [3.63, 3.8) is 0 Å². The van der Waals surface area contributed by atoms with E-state index in [-0.39, 0.29) is 11.6 Å². The topological polar surface area (TPSA) is 97.1 Å². The lowest BCUT2D eigenvalue weighted by Crippen LogP contribution is -2.32. The number of methoxy groups -OCH3 is 2. The van der Waals surface area contributed by atoms with Gasteiger partial charge in [-0.05, 0) is 19.1 Å². The standard InChI is InChI=1S/C15H17NO6/c1-8(17)21-12-13(18)15(2,22-14(12)16)9-5-10(19-3)7-11(6-9)20-4/h5-7H,16H2,1-4H3. The Morgan fingerprint density at radius 2 is 1.73 bits per heavy atom. The van der Waals surface area contributed by atoms with Gasteiger partial charge in [-0.2, -0.15) is 0 Å². The van der Waals surface area contributed by atoms with Gasteiger partial charge >= 0.3 is 5.97 Å². The fraction of sp³-hybridized carbons (Fsp3) is 0.333. The molecule has 0 amide bonds. The number of benzene rings is 1. The van der Waals surface area contributed by atoms with Gasteiger partial charge in [-0.25, -0.2) is 0 Å². The van der Waals surface area contributed by atoms with Crippen LogP contribution in [0.3, 0.4) is 0 Å². The van der Waals surface area contributed by atoms with Gasteiger partial charge in [-0.1, -0.05) is 0 Å². The number of hydrogen-bond donors (Lipinski definition) is 1. The molecule has 0 saturated heterocycles. The summed E-state index contributed by atoms with van der Waals surface area (Å²) in [6.07, 6.45) is 0. The quantitative estimate of drug-likeness (QED) is 0.835. The molecular weight excluding hydrogens is 290 g/mol. The first-order chi connectivity index (χ1) is 10.3. The molecule has 2 N–H and O–H groups in total. The van der Waals surface area contributed by atoms with Gasteiger partial charge in [0.1, 0.15) is 11.5 Å². The summed E-state index contributed by atoms with van der Waals surface area (Å²) in [5, 5.41) is 0. The van der Waals surface area contributed by atoms with Gasteiger partial charge in [0.2, 0.25) is 11.6 Å². The SMILES string of the molecule is COc1cc(OC)cc(C2(C)OC(N)=C(OC(C)=O)C2=O)c1. The van der Waals surface area contributed by atoms with E-state index in [4.69, 9.17) is 24.7 Å². The molecule has 1 aliphatic heterocycles. The average molecular weight is 307 g/mol. The summed E-state index contributed by atoms with van der Waals surface area (Å²) in [6, 6.07) is 4.92. The molecule has 7 nitrogen and oxygen atoms in total. The molecule has 1 aliphatic rings. The van der Waals surface area contributed by atoms with Crippen LogP contribution < -0.4 is 15.2 Å². The molecule has 1 aromatic rings. The highest BCUT2D eigenvalue weighted by atomic mass is 16.6. The first kappa shape index (κ1) is 15.7. The molecule has 0 aromatic heterocycles. The predicted octanol–water partition coefficient (Wildman–Crippen LogP) is 1.21. The van der Waals surface area contributed by atoms with Crippen molar-refractivity contribution in [2.75, 3.05) is 14.2 Å². The van der Waals surface area contributed by atoms with Crippen LogP contribution in [0.4, 0.5) is 0 Å². The number of ketones is 1. The first-order valence-electron chi connectivity index (χ1n) is 6.47. The highest BCUT2D eigenvalue weighted by Gasteiger charge is 2.49. The lowest BCUT2D eigenvalue weighted by molar-refractivity contribution is -0.142. The third-order valence-corrected chi connectivity index (χ3v) is 3.33. The van der Waals surface area contributed by atoms with Crippen molar-refractivity contribution in [3.05, 3.63) is 35.4 Å². The smallest absolute Gasteiger partial charge is 0.308 e. The fourth-order valence-corrected chi connectivity index (χ4v) is 2.15. The van der Waals surface area contributed by atoms with Crippen molar-refractivity contribution >= 4 is 11.8 Å². The number of Topliss-reactive ketones (excluding diaryl/α,β-unsaturated/α-hetero) is 1. The third kappa shape index (κ3) is 2.57. The summed E-state index contributed by atoms with van der Waals surface area (Å²) in [7, 11) is 2.99. The number of carbonyl (C=O) groups excluding carboxylic acids is 2. The van der Waals surface area contributed by atoms with E-state index in [1.165, 1.54) is 28.1 Å². The van der Waals surface area contributed by atoms with E-state index in [0.717, 1.165) is 0 Å². The zero-order valence-electron chi connectivity index (χ0n) is 12.8. The second-order valence-electron chi connectivity index (χ2n) is 4.85. The summed E-state index contributed by atoms with van der Waals surface area (Å²) in [4.78, 5) is 23.6. The van der Waals surface area contributed by atoms with Crippen LogP contribution in [0.15, 0.2) is 29.8 Å². The normalized spacial score (nSPS) is 20.6. The Bertz CT molecular complexity index is 644.